The van der Waals surface area contributed by atoms with Gasteiger partial charge in [-0.15, -0.1) is 0 Å². The molecule has 1 heterocycles. The second-order valence-corrected chi connectivity index (χ2v) is 5.57. The molecule has 0 saturated heterocycles. The molecule has 0 radical (unpaired) electrons. The van der Waals surface area contributed by atoms with Crippen LogP contribution >= 0.6 is 0 Å². The summed E-state index contributed by atoms with van der Waals surface area (Å²) in [6.45, 7) is 3.69. The van der Waals surface area contributed by atoms with Crippen LogP contribution in [-0.4, -0.2) is 21.2 Å². The minimum atomic E-state index is -4.37. The van der Waals surface area contributed by atoms with Crippen LogP contribution in [0.25, 0.3) is 0 Å². The zero-order valence-corrected chi connectivity index (χ0v) is 13.4. The molecule has 0 aliphatic rings. The smallest absolute Gasteiger partial charge is 0.364 e. The van der Waals surface area contributed by atoms with Gasteiger partial charge in [0, 0.05) is 13.6 Å². The van der Waals surface area contributed by atoms with Gasteiger partial charge in [0.2, 0.25) is 5.82 Å². The lowest BCUT2D eigenvalue weighted by atomic mass is 9.99. The number of alkyl halides is 3. The monoisotopic (exact) mass is 342 g/mol. The first-order valence-electron chi connectivity index (χ1n) is 7.20. The molecule has 0 saturated carbocycles. The van der Waals surface area contributed by atoms with E-state index in [9.17, 15) is 23.3 Å². The third-order valence-corrected chi connectivity index (χ3v) is 3.76. The van der Waals surface area contributed by atoms with Crippen molar-refractivity contribution in [3.05, 3.63) is 51.2 Å². The van der Waals surface area contributed by atoms with Crippen LogP contribution in [0.3, 0.4) is 0 Å². The second kappa shape index (κ2) is 6.50. The van der Waals surface area contributed by atoms with Gasteiger partial charge in [-0.1, -0.05) is 19.1 Å². The van der Waals surface area contributed by atoms with Gasteiger partial charge in [0.25, 0.3) is 0 Å². The molecular formula is C15H17F3N4O2. The van der Waals surface area contributed by atoms with E-state index in [-0.39, 0.29) is 17.4 Å². The molecule has 1 aromatic heterocycles. The Morgan fingerprint density at radius 1 is 1.33 bits per heavy atom. The van der Waals surface area contributed by atoms with E-state index < -0.39 is 16.7 Å². The molecule has 1 atom stereocenters. The number of anilines is 1. The van der Waals surface area contributed by atoms with Crippen molar-refractivity contribution in [1.29, 1.82) is 0 Å². The van der Waals surface area contributed by atoms with Gasteiger partial charge in [-0.25, -0.2) is 4.68 Å². The van der Waals surface area contributed by atoms with Crippen LogP contribution in [0.1, 0.15) is 29.7 Å². The zero-order chi connectivity index (χ0) is 18.1. The third-order valence-electron chi connectivity index (χ3n) is 3.76. The maximum absolute atomic E-state index is 12.6. The molecule has 1 aromatic carbocycles. The Labute approximate surface area is 136 Å². The number of benzene rings is 1. The molecule has 2 aromatic rings. The summed E-state index contributed by atoms with van der Waals surface area (Å²) < 4.78 is 39.1. The first-order valence-corrected chi connectivity index (χ1v) is 7.20. The molecule has 0 aliphatic carbocycles. The summed E-state index contributed by atoms with van der Waals surface area (Å²) in [5.74, 6) is 0.137. The molecule has 24 heavy (non-hydrogen) atoms. The van der Waals surface area contributed by atoms with Crippen molar-refractivity contribution in [3.63, 3.8) is 0 Å². The van der Waals surface area contributed by atoms with Gasteiger partial charge in [-0.3, -0.25) is 10.1 Å². The van der Waals surface area contributed by atoms with E-state index in [4.69, 9.17) is 0 Å². The fourth-order valence-corrected chi connectivity index (χ4v) is 2.43. The number of aryl methyl sites for hydroxylation is 2. The first kappa shape index (κ1) is 17.8. The minimum absolute atomic E-state index is 0.0999. The number of nitrogens with zero attached hydrogens (tertiary/aromatic N) is 3. The van der Waals surface area contributed by atoms with Gasteiger partial charge < -0.3 is 5.32 Å². The first-order chi connectivity index (χ1) is 11.1. The van der Waals surface area contributed by atoms with Crippen LogP contribution in [0, 0.1) is 17.0 Å². The average molecular weight is 342 g/mol. The maximum atomic E-state index is 12.6. The van der Waals surface area contributed by atoms with E-state index >= 15 is 0 Å². The van der Waals surface area contributed by atoms with Gasteiger partial charge in [0.05, 0.1) is 10.5 Å². The highest BCUT2D eigenvalue weighted by atomic mass is 19.4. The second-order valence-electron chi connectivity index (χ2n) is 5.57. The van der Waals surface area contributed by atoms with Gasteiger partial charge in [0.1, 0.15) is 5.69 Å². The third kappa shape index (κ3) is 3.66. The molecular weight excluding hydrogens is 325 g/mol. The highest BCUT2D eigenvalue weighted by Crippen LogP contribution is 2.31. The van der Waals surface area contributed by atoms with E-state index in [1.807, 2.05) is 6.92 Å². The number of hydrogen-bond acceptors (Lipinski definition) is 4. The van der Waals surface area contributed by atoms with Crippen LogP contribution in [0.2, 0.25) is 0 Å². The Kier molecular flexibility index (Phi) is 4.81. The molecule has 1 unspecified atom stereocenters. The number of nitro groups is 1. The summed E-state index contributed by atoms with van der Waals surface area (Å²) in [5, 5.41) is 18.1. The maximum Gasteiger partial charge on any atom is 0.416 e. The normalized spacial score (nSPS) is 12.9. The number of aromatic nitrogens is 2. The van der Waals surface area contributed by atoms with Gasteiger partial charge in [-0.2, -0.15) is 18.3 Å². The van der Waals surface area contributed by atoms with Crippen molar-refractivity contribution in [3.8, 4) is 0 Å². The van der Waals surface area contributed by atoms with Crippen LogP contribution in [0.5, 0.6) is 0 Å². The van der Waals surface area contributed by atoms with Crippen molar-refractivity contribution in [2.45, 2.75) is 25.9 Å². The molecule has 0 amide bonds. The predicted molar refractivity (Wildman–Crippen MR) is 82.9 cm³/mol. The minimum Gasteiger partial charge on any atom is -0.364 e. The molecule has 2 rings (SSSR count). The Morgan fingerprint density at radius 3 is 2.42 bits per heavy atom. The van der Waals surface area contributed by atoms with E-state index in [0.29, 0.717) is 17.8 Å². The number of rotatable bonds is 5. The highest BCUT2D eigenvalue weighted by Gasteiger charge is 2.30. The highest BCUT2D eigenvalue weighted by molar-refractivity contribution is 5.59. The van der Waals surface area contributed by atoms with Crippen molar-refractivity contribution in [2.75, 3.05) is 11.9 Å². The zero-order valence-electron chi connectivity index (χ0n) is 13.4. The molecule has 1 N–H and O–H groups in total. The summed E-state index contributed by atoms with van der Waals surface area (Å²) in [6.07, 6.45) is -4.37. The van der Waals surface area contributed by atoms with Crippen molar-refractivity contribution in [2.24, 2.45) is 7.05 Å². The average Bonchev–Trinajstić information content (AvgIpc) is 2.78. The lowest BCUT2D eigenvalue weighted by Gasteiger charge is -2.15. The van der Waals surface area contributed by atoms with Crippen LogP contribution in [0.4, 0.5) is 24.7 Å². The lowest BCUT2D eigenvalue weighted by molar-refractivity contribution is -0.384. The predicted octanol–water partition coefficient (Wildman–Crippen LogP) is 3.87. The fourth-order valence-electron chi connectivity index (χ4n) is 2.43. The summed E-state index contributed by atoms with van der Waals surface area (Å²) >= 11 is 0. The van der Waals surface area contributed by atoms with Gasteiger partial charge in [0.15, 0.2) is 0 Å². The molecule has 0 aliphatic heterocycles. The van der Waals surface area contributed by atoms with Gasteiger partial charge in [-0.05, 0) is 30.5 Å². The SMILES string of the molecule is Cc1nn(C)c(NCC(C)c2ccc(C(F)(F)F)cc2)c1[N+](=O)[O-]. The van der Waals surface area contributed by atoms with E-state index in [2.05, 4.69) is 10.4 Å². The molecule has 0 spiro atoms. The molecule has 6 nitrogen and oxygen atoms in total. The molecule has 0 bridgehead atoms. The topological polar surface area (TPSA) is 73.0 Å². The van der Waals surface area contributed by atoms with Crippen molar-refractivity contribution >= 4 is 11.5 Å². The Morgan fingerprint density at radius 2 is 1.92 bits per heavy atom. The quantitative estimate of drug-likeness (QED) is 0.661. The summed E-state index contributed by atoms with van der Waals surface area (Å²) in [6, 6.07) is 4.89. The summed E-state index contributed by atoms with van der Waals surface area (Å²) in [7, 11) is 1.59. The van der Waals surface area contributed by atoms with Crippen LogP contribution in [-0.2, 0) is 13.2 Å². The Hall–Kier alpha value is -2.58. The molecule has 130 valence electrons. The fraction of sp³-hybridized carbons (Fsp3) is 0.400. The molecule has 0 fully saturated rings. The van der Waals surface area contributed by atoms with Crippen LogP contribution in [0.15, 0.2) is 24.3 Å². The summed E-state index contributed by atoms with van der Waals surface area (Å²) in [4.78, 5) is 10.6. The van der Waals surface area contributed by atoms with E-state index in [1.54, 1.807) is 14.0 Å². The van der Waals surface area contributed by atoms with E-state index in [1.165, 1.54) is 16.8 Å². The Balaban J connectivity index is 2.11. The number of hydrogen-bond donors (Lipinski definition) is 1. The molecule has 9 heteroatoms. The summed E-state index contributed by atoms with van der Waals surface area (Å²) in [5.41, 5.74) is 0.200. The number of halogens is 3. The van der Waals surface area contributed by atoms with Gasteiger partial charge >= 0.3 is 11.9 Å². The largest absolute Gasteiger partial charge is 0.416 e. The van der Waals surface area contributed by atoms with Crippen molar-refractivity contribution < 1.29 is 18.1 Å². The van der Waals surface area contributed by atoms with Crippen LogP contribution < -0.4 is 5.32 Å². The number of nitrogens with one attached hydrogen (secondary N) is 1. The van der Waals surface area contributed by atoms with E-state index in [0.717, 1.165) is 12.1 Å². The lowest BCUT2D eigenvalue weighted by Crippen LogP contribution is -2.13. The van der Waals surface area contributed by atoms with Crippen molar-refractivity contribution in [1.82, 2.24) is 9.78 Å². The standard InChI is InChI=1S/C15H17F3N4O2/c1-9(11-4-6-12(7-5-11)15(16,17)18)8-19-14-13(22(23)24)10(2)20-21(14)3/h4-7,9,19H,8H2,1-3H3. The Bertz CT molecular complexity index is 738.